The molecule has 0 saturated heterocycles. The monoisotopic (exact) mass is 234 g/mol. The van der Waals surface area contributed by atoms with E-state index in [2.05, 4.69) is 15.5 Å². The first-order valence-corrected chi connectivity index (χ1v) is 5.55. The molecule has 1 aliphatic carbocycles. The molecule has 1 fully saturated rings. The minimum absolute atomic E-state index is 0.184. The van der Waals surface area contributed by atoms with E-state index in [0.717, 1.165) is 30.6 Å². The highest BCUT2D eigenvalue weighted by molar-refractivity contribution is 7.15. The first-order valence-electron chi connectivity index (χ1n) is 4.73. The van der Waals surface area contributed by atoms with Crippen molar-refractivity contribution in [2.75, 3.05) is 11.9 Å². The van der Waals surface area contributed by atoms with E-state index in [4.69, 9.17) is 5.73 Å². The number of nitrogens with one attached hydrogen (secondary N) is 1. The van der Waals surface area contributed by atoms with Crippen LogP contribution in [-0.2, 0) is 0 Å². The molecule has 0 atom stereocenters. The van der Waals surface area contributed by atoms with Gasteiger partial charge in [-0.25, -0.2) is 8.78 Å². The molecule has 0 radical (unpaired) electrons. The molecular weight excluding hydrogens is 222 g/mol. The van der Waals surface area contributed by atoms with E-state index in [-0.39, 0.29) is 10.5 Å². The van der Waals surface area contributed by atoms with Crippen molar-refractivity contribution in [2.24, 2.45) is 5.73 Å². The maximum absolute atomic E-state index is 12.2. The van der Waals surface area contributed by atoms with Gasteiger partial charge < -0.3 is 11.1 Å². The molecule has 3 N–H and O–H groups in total. The average Bonchev–Trinajstić information content (AvgIpc) is 2.60. The van der Waals surface area contributed by atoms with Crippen molar-refractivity contribution in [2.45, 2.75) is 31.2 Å². The van der Waals surface area contributed by atoms with Crippen LogP contribution in [-0.4, -0.2) is 22.3 Å². The maximum atomic E-state index is 12.2. The number of hydrogen-bond acceptors (Lipinski definition) is 5. The van der Waals surface area contributed by atoms with Gasteiger partial charge in [-0.15, -0.1) is 10.2 Å². The standard InChI is InChI=1S/C8H12F2N4S/c9-5(10)6-13-14-7(15-6)12-4-8(11)2-1-3-8/h5H,1-4,11H2,(H,12,14). The van der Waals surface area contributed by atoms with Gasteiger partial charge in [0.15, 0.2) is 5.01 Å². The molecule has 0 unspecified atom stereocenters. The molecule has 7 heteroatoms. The quantitative estimate of drug-likeness (QED) is 0.833. The smallest absolute Gasteiger partial charge is 0.291 e. The molecule has 15 heavy (non-hydrogen) atoms. The number of halogens is 2. The lowest BCUT2D eigenvalue weighted by atomic mass is 9.78. The van der Waals surface area contributed by atoms with Crippen molar-refractivity contribution in [3.05, 3.63) is 5.01 Å². The number of rotatable bonds is 4. The van der Waals surface area contributed by atoms with Crippen LogP contribution < -0.4 is 11.1 Å². The molecule has 1 aromatic heterocycles. The zero-order chi connectivity index (χ0) is 10.9. The van der Waals surface area contributed by atoms with Gasteiger partial charge in [-0.05, 0) is 19.3 Å². The number of aromatic nitrogens is 2. The summed E-state index contributed by atoms with van der Waals surface area (Å²) in [5.74, 6) is 0. The number of hydrogen-bond donors (Lipinski definition) is 2. The van der Waals surface area contributed by atoms with Crippen molar-refractivity contribution in [1.29, 1.82) is 0 Å². The topological polar surface area (TPSA) is 63.8 Å². The SMILES string of the molecule is NC1(CNc2nnc(C(F)F)s2)CCC1. The molecule has 0 aliphatic heterocycles. The molecule has 1 aliphatic rings. The number of nitrogens with zero attached hydrogens (tertiary/aromatic N) is 2. The predicted octanol–water partition coefficient (Wildman–Crippen LogP) is 1.77. The lowest BCUT2D eigenvalue weighted by molar-refractivity contribution is 0.150. The van der Waals surface area contributed by atoms with Gasteiger partial charge in [0.05, 0.1) is 0 Å². The second-order valence-electron chi connectivity index (χ2n) is 3.82. The highest BCUT2D eigenvalue weighted by atomic mass is 32.1. The molecule has 0 spiro atoms. The van der Waals surface area contributed by atoms with Crippen molar-refractivity contribution in [3.63, 3.8) is 0 Å². The Labute approximate surface area is 89.9 Å². The van der Waals surface area contributed by atoms with Gasteiger partial charge in [-0.2, -0.15) is 0 Å². The van der Waals surface area contributed by atoms with E-state index in [1.54, 1.807) is 0 Å². The first-order chi connectivity index (χ1) is 7.09. The normalized spacial score (nSPS) is 18.9. The molecule has 0 bridgehead atoms. The van der Waals surface area contributed by atoms with Crippen LogP contribution in [0, 0.1) is 0 Å². The molecular formula is C8H12F2N4S. The zero-order valence-corrected chi connectivity index (χ0v) is 8.86. The van der Waals surface area contributed by atoms with Crippen LogP contribution in [0.25, 0.3) is 0 Å². The third kappa shape index (κ3) is 2.40. The third-order valence-corrected chi connectivity index (χ3v) is 3.46. The summed E-state index contributed by atoms with van der Waals surface area (Å²) in [6.45, 7) is 0.574. The van der Waals surface area contributed by atoms with Crippen LogP contribution in [0.3, 0.4) is 0 Å². The van der Waals surface area contributed by atoms with Crippen LogP contribution in [0.15, 0.2) is 0 Å². The van der Waals surface area contributed by atoms with E-state index < -0.39 is 6.43 Å². The fourth-order valence-electron chi connectivity index (χ4n) is 1.45. The highest BCUT2D eigenvalue weighted by Gasteiger charge is 2.32. The second-order valence-corrected chi connectivity index (χ2v) is 4.82. The summed E-state index contributed by atoms with van der Waals surface area (Å²) >= 11 is 0.877. The van der Waals surface area contributed by atoms with E-state index in [1.807, 2.05) is 0 Å². The van der Waals surface area contributed by atoms with Crippen molar-refractivity contribution in [3.8, 4) is 0 Å². The first kappa shape index (κ1) is 10.7. The molecule has 1 saturated carbocycles. The summed E-state index contributed by atoms with van der Waals surface area (Å²) in [6, 6.07) is 0. The lowest BCUT2D eigenvalue weighted by Gasteiger charge is -2.37. The maximum Gasteiger partial charge on any atom is 0.291 e. The van der Waals surface area contributed by atoms with Crippen LogP contribution >= 0.6 is 11.3 Å². The van der Waals surface area contributed by atoms with E-state index in [0.29, 0.717) is 11.7 Å². The van der Waals surface area contributed by atoms with E-state index >= 15 is 0 Å². The summed E-state index contributed by atoms with van der Waals surface area (Å²) in [4.78, 5) is 0. The Hall–Kier alpha value is -0.820. The van der Waals surface area contributed by atoms with Gasteiger partial charge >= 0.3 is 0 Å². The molecule has 2 rings (SSSR count). The number of anilines is 1. The summed E-state index contributed by atoms with van der Waals surface area (Å²) in [5.41, 5.74) is 5.78. The largest absolute Gasteiger partial charge is 0.358 e. The minimum Gasteiger partial charge on any atom is -0.358 e. The second kappa shape index (κ2) is 3.97. The Balaban J connectivity index is 1.88. The Kier molecular flexibility index (Phi) is 2.83. The summed E-state index contributed by atoms with van der Waals surface area (Å²) in [5, 5.41) is 10.1. The van der Waals surface area contributed by atoms with Crippen molar-refractivity contribution in [1.82, 2.24) is 10.2 Å². The summed E-state index contributed by atoms with van der Waals surface area (Å²) in [6.07, 6.45) is 0.533. The van der Waals surface area contributed by atoms with Gasteiger partial charge in [0.25, 0.3) is 6.43 Å². The van der Waals surface area contributed by atoms with Crippen LogP contribution in [0.5, 0.6) is 0 Å². The zero-order valence-electron chi connectivity index (χ0n) is 8.04. The average molecular weight is 234 g/mol. The summed E-state index contributed by atoms with van der Waals surface area (Å²) in [7, 11) is 0. The summed E-state index contributed by atoms with van der Waals surface area (Å²) < 4.78 is 24.4. The van der Waals surface area contributed by atoms with Crippen molar-refractivity contribution >= 4 is 16.5 Å². The van der Waals surface area contributed by atoms with Gasteiger partial charge in [-0.1, -0.05) is 11.3 Å². The van der Waals surface area contributed by atoms with Crippen LogP contribution in [0.4, 0.5) is 13.9 Å². The molecule has 4 nitrogen and oxygen atoms in total. The molecule has 0 amide bonds. The molecule has 0 aromatic carbocycles. The predicted molar refractivity (Wildman–Crippen MR) is 54.1 cm³/mol. The van der Waals surface area contributed by atoms with Gasteiger partial charge in [0.2, 0.25) is 5.13 Å². The molecule has 1 aromatic rings. The Morgan fingerprint density at radius 3 is 2.67 bits per heavy atom. The highest BCUT2D eigenvalue weighted by Crippen LogP contribution is 2.30. The Bertz CT molecular complexity index is 337. The van der Waals surface area contributed by atoms with Gasteiger partial charge in [-0.3, -0.25) is 0 Å². The van der Waals surface area contributed by atoms with E-state index in [9.17, 15) is 8.78 Å². The fourth-order valence-corrected chi connectivity index (χ4v) is 2.05. The molecule has 1 heterocycles. The number of alkyl halides is 2. The van der Waals surface area contributed by atoms with Crippen LogP contribution in [0.1, 0.15) is 30.7 Å². The lowest BCUT2D eigenvalue weighted by Crippen LogP contribution is -2.51. The minimum atomic E-state index is -2.55. The Morgan fingerprint density at radius 2 is 2.20 bits per heavy atom. The fraction of sp³-hybridized carbons (Fsp3) is 0.750. The van der Waals surface area contributed by atoms with Gasteiger partial charge in [0.1, 0.15) is 0 Å². The number of nitrogens with two attached hydrogens (primary N) is 1. The Morgan fingerprint density at radius 1 is 1.47 bits per heavy atom. The van der Waals surface area contributed by atoms with Gasteiger partial charge in [0, 0.05) is 12.1 Å². The van der Waals surface area contributed by atoms with E-state index in [1.165, 1.54) is 0 Å². The van der Waals surface area contributed by atoms with Crippen molar-refractivity contribution < 1.29 is 8.78 Å². The molecule has 84 valence electrons. The third-order valence-electron chi connectivity index (χ3n) is 2.57. The van der Waals surface area contributed by atoms with Crippen LogP contribution in [0.2, 0.25) is 0 Å².